The Morgan fingerprint density at radius 2 is 1.62 bits per heavy atom. The largest absolute Gasteiger partial charge is 0.546 e. The summed E-state index contributed by atoms with van der Waals surface area (Å²) in [5.41, 5.74) is 0. The molecule has 2 heteroatoms. The van der Waals surface area contributed by atoms with E-state index in [1.54, 1.807) is 0 Å². The summed E-state index contributed by atoms with van der Waals surface area (Å²) in [6, 6.07) is 10.1. The van der Waals surface area contributed by atoms with E-state index in [0.29, 0.717) is 5.04 Å². The van der Waals surface area contributed by atoms with Crippen molar-refractivity contribution in [2.45, 2.75) is 32.4 Å². The molecular weight excluding hydrogens is 176 g/mol. The second kappa shape index (κ2) is 3.96. The molecule has 0 heterocycles. The third kappa shape index (κ3) is 3.23. The van der Waals surface area contributed by atoms with Gasteiger partial charge in [0.05, 0.1) is 0 Å². The summed E-state index contributed by atoms with van der Waals surface area (Å²) < 4.78 is 5.92. The van der Waals surface area contributed by atoms with Crippen LogP contribution in [0.1, 0.15) is 20.8 Å². The molecule has 0 unspecified atom stereocenters. The lowest BCUT2D eigenvalue weighted by Crippen LogP contribution is -2.28. The van der Waals surface area contributed by atoms with E-state index in [0.717, 1.165) is 5.75 Å². The zero-order valence-corrected chi connectivity index (χ0v) is 10.0. The van der Waals surface area contributed by atoms with E-state index in [-0.39, 0.29) is 0 Å². The molecule has 72 valence electrons. The highest BCUT2D eigenvalue weighted by atomic mass is 28.3. The summed E-state index contributed by atoms with van der Waals surface area (Å²) in [4.78, 5) is 0. The van der Waals surface area contributed by atoms with Crippen molar-refractivity contribution in [3.63, 3.8) is 0 Å². The predicted molar refractivity (Wildman–Crippen MR) is 59.8 cm³/mol. The highest BCUT2D eigenvalue weighted by molar-refractivity contribution is 6.54. The topological polar surface area (TPSA) is 9.23 Å². The molecule has 0 radical (unpaired) electrons. The molecule has 0 aliphatic carbocycles. The van der Waals surface area contributed by atoms with Crippen molar-refractivity contribution in [1.82, 2.24) is 0 Å². The van der Waals surface area contributed by atoms with Crippen LogP contribution in [0, 0.1) is 0 Å². The summed E-state index contributed by atoms with van der Waals surface area (Å²) >= 11 is 0. The summed E-state index contributed by atoms with van der Waals surface area (Å²) in [5, 5.41) is 0.329. The third-order valence-corrected chi connectivity index (χ3v) is 5.34. The van der Waals surface area contributed by atoms with Crippen LogP contribution in [-0.4, -0.2) is 9.04 Å². The van der Waals surface area contributed by atoms with Crippen LogP contribution in [0.5, 0.6) is 5.75 Å². The van der Waals surface area contributed by atoms with Crippen LogP contribution < -0.4 is 4.43 Å². The van der Waals surface area contributed by atoms with Gasteiger partial charge in [0, 0.05) is 0 Å². The predicted octanol–water partition coefficient (Wildman–Crippen LogP) is 3.22. The Morgan fingerprint density at radius 1 is 1.08 bits per heavy atom. The molecule has 13 heavy (non-hydrogen) atoms. The fourth-order valence-electron chi connectivity index (χ4n) is 0.880. The molecule has 1 aromatic carbocycles. The minimum atomic E-state index is -1.12. The highest BCUT2D eigenvalue weighted by Crippen LogP contribution is 2.28. The highest BCUT2D eigenvalue weighted by Gasteiger charge is 2.24. The average molecular weight is 194 g/mol. The first kappa shape index (κ1) is 10.3. The van der Waals surface area contributed by atoms with Gasteiger partial charge in [-0.15, -0.1) is 0 Å². The molecule has 1 nitrogen and oxygen atoms in total. The lowest BCUT2D eigenvalue weighted by molar-refractivity contribution is 0.520. The monoisotopic (exact) mass is 194 g/mol. The number of para-hydroxylation sites is 1. The SMILES string of the molecule is C[Si@@H](Oc1ccccc1)C(C)(C)C. The number of benzene rings is 1. The summed E-state index contributed by atoms with van der Waals surface area (Å²) in [5.74, 6) is 1.01. The molecule has 0 aromatic heterocycles. The van der Waals surface area contributed by atoms with Crippen LogP contribution in [-0.2, 0) is 0 Å². The molecular formula is C11H18OSi. The van der Waals surface area contributed by atoms with Crippen molar-refractivity contribution in [2.24, 2.45) is 0 Å². The van der Waals surface area contributed by atoms with Crippen LogP contribution in [0.15, 0.2) is 30.3 Å². The van der Waals surface area contributed by atoms with Crippen molar-refractivity contribution in [3.05, 3.63) is 30.3 Å². The van der Waals surface area contributed by atoms with E-state index in [4.69, 9.17) is 4.43 Å². The maximum atomic E-state index is 5.92. The Kier molecular flexibility index (Phi) is 3.15. The quantitative estimate of drug-likeness (QED) is 0.657. The van der Waals surface area contributed by atoms with Crippen molar-refractivity contribution < 1.29 is 4.43 Å². The van der Waals surface area contributed by atoms with E-state index >= 15 is 0 Å². The maximum Gasteiger partial charge on any atom is 0.237 e. The first-order chi connectivity index (χ1) is 6.00. The number of rotatable bonds is 2. The Hall–Kier alpha value is -0.763. The van der Waals surface area contributed by atoms with Gasteiger partial charge in [-0.1, -0.05) is 39.0 Å². The summed E-state index contributed by atoms with van der Waals surface area (Å²) in [6.45, 7) is 8.97. The molecule has 0 saturated heterocycles. The van der Waals surface area contributed by atoms with Gasteiger partial charge < -0.3 is 4.43 Å². The second-order valence-electron chi connectivity index (χ2n) is 4.44. The van der Waals surface area contributed by atoms with Gasteiger partial charge in [-0.05, 0) is 23.7 Å². The van der Waals surface area contributed by atoms with Crippen molar-refractivity contribution in [2.75, 3.05) is 0 Å². The molecule has 0 spiro atoms. The molecule has 0 bridgehead atoms. The summed E-state index contributed by atoms with van der Waals surface area (Å²) in [7, 11) is -1.12. The van der Waals surface area contributed by atoms with Gasteiger partial charge in [0.1, 0.15) is 5.75 Å². The van der Waals surface area contributed by atoms with Gasteiger partial charge in [-0.2, -0.15) is 0 Å². The minimum Gasteiger partial charge on any atom is -0.546 e. The zero-order valence-electron chi connectivity index (χ0n) is 8.87. The fraction of sp³-hybridized carbons (Fsp3) is 0.455. The first-order valence-electron chi connectivity index (χ1n) is 4.72. The van der Waals surface area contributed by atoms with E-state index < -0.39 is 9.04 Å². The molecule has 0 fully saturated rings. The van der Waals surface area contributed by atoms with Crippen molar-refractivity contribution in [1.29, 1.82) is 0 Å². The molecule has 0 aliphatic rings. The van der Waals surface area contributed by atoms with Crippen LogP contribution in [0.25, 0.3) is 0 Å². The van der Waals surface area contributed by atoms with Crippen LogP contribution in [0.3, 0.4) is 0 Å². The minimum absolute atomic E-state index is 0.329. The molecule has 0 amide bonds. The number of hydrogen-bond donors (Lipinski definition) is 0. The van der Waals surface area contributed by atoms with E-state index in [2.05, 4.69) is 27.3 Å². The first-order valence-corrected chi connectivity index (χ1v) is 6.92. The van der Waals surface area contributed by atoms with Crippen LogP contribution >= 0.6 is 0 Å². The van der Waals surface area contributed by atoms with Crippen LogP contribution in [0.4, 0.5) is 0 Å². The lowest BCUT2D eigenvalue weighted by atomic mass is 10.3. The normalized spacial score (nSPS) is 13.8. The van der Waals surface area contributed by atoms with Crippen LogP contribution in [0.2, 0.25) is 11.6 Å². The second-order valence-corrected chi connectivity index (χ2v) is 7.69. The van der Waals surface area contributed by atoms with E-state index in [1.807, 2.05) is 30.3 Å². The van der Waals surface area contributed by atoms with E-state index in [9.17, 15) is 0 Å². The fourth-order valence-corrected chi connectivity index (χ4v) is 1.80. The van der Waals surface area contributed by atoms with E-state index in [1.165, 1.54) is 0 Å². The van der Waals surface area contributed by atoms with Crippen molar-refractivity contribution >= 4 is 9.04 Å². The molecule has 0 aliphatic heterocycles. The summed E-state index contributed by atoms with van der Waals surface area (Å²) in [6.07, 6.45) is 0. The maximum absolute atomic E-state index is 5.92. The molecule has 1 atom stereocenters. The van der Waals surface area contributed by atoms with Gasteiger partial charge in [-0.3, -0.25) is 0 Å². The number of hydrogen-bond acceptors (Lipinski definition) is 1. The molecule has 0 N–H and O–H groups in total. The van der Waals surface area contributed by atoms with Gasteiger partial charge in [-0.25, -0.2) is 0 Å². The van der Waals surface area contributed by atoms with Gasteiger partial charge in [0.25, 0.3) is 0 Å². The lowest BCUT2D eigenvalue weighted by Gasteiger charge is -2.26. The third-order valence-electron chi connectivity index (χ3n) is 2.28. The average Bonchev–Trinajstić information content (AvgIpc) is 2.04. The molecule has 1 rings (SSSR count). The Balaban J connectivity index is 2.61. The van der Waals surface area contributed by atoms with Crippen molar-refractivity contribution in [3.8, 4) is 5.75 Å². The van der Waals surface area contributed by atoms with Gasteiger partial charge in [0.2, 0.25) is 9.04 Å². The Morgan fingerprint density at radius 3 is 2.08 bits per heavy atom. The zero-order chi connectivity index (χ0) is 9.90. The molecule has 0 saturated carbocycles. The van der Waals surface area contributed by atoms with Gasteiger partial charge in [0.15, 0.2) is 0 Å². The standard InChI is InChI=1S/C11H18OSi/c1-11(2,3)13(4)12-10-8-6-5-7-9-10/h5-9,13H,1-4H3/t13-/m1/s1. The molecule has 1 aromatic rings. The van der Waals surface area contributed by atoms with Gasteiger partial charge >= 0.3 is 0 Å². The Bertz CT molecular complexity index is 251. The Labute approximate surface area is 82.5 Å². The smallest absolute Gasteiger partial charge is 0.237 e.